The number of nitrogens with zero attached hydrogens (tertiary/aromatic N) is 1. The minimum atomic E-state index is -0.400. The molecule has 0 aliphatic rings. The predicted octanol–water partition coefficient (Wildman–Crippen LogP) is 4.05. The zero-order valence-electron chi connectivity index (χ0n) is 13.2. The average Bonchev–Trinajstić information content (AvgIpc) is 2.49. The van der Waals surface area contributed by atoms with E-state index in [4.69, 9.17) is 4.74 Å². The highest BCUT2D eigenvalue weighted by molar-refractivity contribution is 5.48. The highest BCUT2D eigenvalue weighted by Gasteiger charge is 2.15. The molecular weight excluding hydrogens is 268 g/mol. The van der Waals surface area contributed by atoms with Gasteiger partial charge in [0.1, 0.15) is 0 Å². The summed E-state index contributed by atoms with van der Waals surface area (Å²) in [6, 6.07) is 5.61. The van der Waals surface area contributed by atoms with E-state index in [-0.39, 0.29) is 5.69 Å². The van der Waals surface area contributed by atoms with Gasteiger partial charge in [-0.3, -0.25) is 10.1 Å². The normalized spacial score (nSPS) is 12.1. The van der Waals surface area contributed by atoms with Crippen molar-refractivity contribution in [2.75, 3.05) is 7.11 Å². The minimum absolute atomic E-state index is 0.0254. The second-order valence-electron chi connectivity index (χ2n) is 5.27. The fourth-order valence-corrected chi connectivity index (χ4v) is 2.40. The predicted molar refractivity (Wildman–Crippen MR) is 84.7 cm³/mol. The zero-order valence-corrected chi connectivity index (χ0v) is 13.2. The van der Waals surface area contributed by atoms with E-state index < -0.39 is 4.92 Å². The van der Waals surface area contributed by atoms with Gasteiger partial charge < -0.3 is 10.1 Å². The summed E-state index contributed by atoms with van der Waals surface area (Å²) >= 11 is 0. The number of unbranched alkanes of at least 4 members (excludes halogenated alkanes) is 1. The Labute approximate surface area is 126 Å². The minimum Gasteiger partial charge on any atom is -0.490 e. The van der Waals surface area contributed by atoms with Crippen molar-refractivity contribution in [2.24, 2.45) is 0 Å². The fourth-order valence-electron chi connectivity index (χ4n) is 2.40. The summed E-state index contributed by atoms with van der Waals surface area (Å²) in [6.45, 7) is 5.02. The summed E-state index contributed by atoms with van der Waals surface area (Å²) in [5.41, 5.74) is 0.942. The lowest BCUT2D eigenvalue weighted by molar-refractivity contribution is -0.385. The number of benzene rings is 1. The Morgan fingerprint density at radius 3 is 2.62 bits per heavy atom. The monoisotopic (exact) mass is 294 g/mol. The van der Waals surface area contributed by atoms with Crippen LogP contribution in [0.5, 0.6) is 5.75 Å². The lowest BCUT2D eigenvalue weighted by atomic mass is 10.0. The Morgan fingerprint density at radius 1 is 1.29 bits per heavy atom. The number of hydrogen-bond donors (Lipinski definition) is 1. The van der Waals surface area contributed by atoms with Gasteiger partial charge in [-0.05, 0) is 24.5 Å². The molecule has 1 aromatic carbocycles. The third-order valence-corrected chi connectivity index (χ3v) is 3.58. The van der Waals surface area contributed by atoms with Crippen molar-refractivity contribution in [3.05, 3.63) is 33.9 Å². The van der Waals surface area contributed by atoms with E-state index >= 15 is 0 Å². The van der Waals surface area contributed by atoms with E-state index in [1.807, 2.05) is 6.07 Å². The Balaban J connectivity index is 2.68. The smallest absolute Gasteiger partial charge is 0.311 e. The third-order valence-electron chi connectivity index (χ3n) is 3.58. The molecule has 0 aliphatic carbocycles. The highest BCUT2D eigenvalue weighted by Crippen LogP contribution is 2.27. The molecule has 1 N–H and O–H groups in total. The topological polar surface area (TPSA) is 64.4 Å². The first kappa shape index (κ1) is 17.4. The molecule has 0 heterocycles. The van der Waals surface area contributed by atoms with Crippen molar-refractivity contribution in [3.8, 4) is 5.75 Å². The number of ether oxygens (including phenoxy) is 1. The van der Waals surface area contributed by atoms with Gasteiger partial charge in [0.15, 0.2) is 5.75 Å². The highest BCUT2D eigenvalue weighted by atomic mass is 16.6. The first-order valence-electron chi connectivity index (χ1n) is 7.67. The van der Waals surface area contributed by atoms with Gasteiger partial charge in [-0.15, -0.1) is 0 Å². The first-order chi connectivity index (χ1) is 10.1. The maximum atomic E-state index is 11.0. The van der Waals surface area contributed by atoms with Gasteiger partial charge in [-0.25, -0.2) is 0 Å². The van der Waals surface area contributed by atoms with Crippen molar-refractivity contribution >= 4 is 5.69 Å². The van der Waals surface area contributed by atoms with Gasteiger partial charge >= 0.3 is 5.69 Å². The summed E-state index contributed by atoms with van der Waals surface area (Å²) in [5.74, 6) is 0.305. The molecule has 0 amide bonds. The fraction of sp³-hybridized carbons (Fsp3) is 0.625. The largest absolute Gasteiger partial charge is 0.490 e. The van der Waals surface area contributed by atoms with Crippen molar-refractivity contribution in [3.63, 3.8) is 0 Å². The van der Waals surface area contributed by atoms with Gasteiger partial charge in [0, 0.05) is 18.7 Å². The molecule has 118 valence electrons. The molecular formula is C16H26N2O3. The number of nitro benzene ring substituents is 1. The second-order valence-corrected chi connectivity index (χ2v) is 5.27. The lowest BCUT2D eigenvalue weighted by Crippen LogP contribution is -2.28. The van der Waals surface area contributed by atoms with E-state index in [9.17, 15) is 10.1 Å². The van der Waals surface area contributed by atoms with Crippen LogP contribution in [-0.4, -0.2) is 18.1 Å². The molecule has 0 saturated heterocycles. The Morgan fingerprint density at radius 2 is 2.05 bits per heavy atom. The molecule has 0 bridgehead atoms. The first-order valence-corrected chi connectivity index (χ1v) is 7.67. The molecule has 0 aromatic heterocycles. The lowest BCUT2D eigenvalue weighted by Gasteiger charge is -2.18. The van der Waals surface area contributed by atoms with Crippen LogP contribution in [0.1, 0.15) is 51.5 Å². The van der Waals surface area contributed by atoms with E-state index in [1.165, 1.54) is 20.0 Å². The van der Waals surface area contributed by atoms with Gasteiger partial charge in [0.2, 0.25) is 0 Å². The molecule has 0 fully saturated rings. The van der Waals surface area contributed by atoms with Crippen LogP contribution in [0.4, 0.5) is 5.69 Å². The van der Waals surface area contributed by atoms with Gasteiger partial charge in [-0.2, -0.15) is 0 Å². The van der Waals surface area contributed by atoms with E-state index in [2.05, 4.69) is 19.2 Å². The van der Waals surface area contributed by atoms with Gasteiger partial charge in [-0.1, -0.05) is 39.2 Å². The number of rotatable bonds is 10. The molecule has 5 nitrogen and oxygen atoms in total. The molecule has 5 heteroatoms. The van der Waals surface area contributed by atoms with Crippen molar-refractivity contribution in [1.29, 1.82) is 0 Å². The number of hydrogen-bond acceptors (Lipinski definition) is 4. The molecule has 1 rings (SSSR count). The molecule has 0 aliphatic heterocycles. The SMILES string of the molecule is CCCCC(CCC)NCc1ccc(OC)c([N+](=O)[O-])c1. The van der Waals surface area contributed by atoms with Crippen LogP contribution in [0, 0.1) is 10.1 Å². The van der Waals surface area contributed by atoms with E-state index in [0.717, 1.165) is 24.8 Å². The summed E-state index contributed by atoms with van der Waals surface area (Å²) in [6.07, 6.45) is 5.83. The zero-order chi connectivity index (χ0) is 15.7. The molecule has 21 heavy (non-hydrogen) atoms. The number of nitro groups is 1. The Bertz CT molecular complexity index is 449. The van der Waals surface area contributed by atoms with E-state index in [1.54, 1.807) is 12.1 Å². The Hall–Kier alpha value is -1.62. The van der Waals surface area contributed by atoms with Gasteiger partial charge in [0.25, 0.3) is 0 Å². The average molecular weight is 294 g/mol. The van der Waals surface area contributed by atoms with Crippen molar-refractivity contribution in [1.82, 2.24) is 5.32 Å². The summed E-state index contributed by atoms with van der Waals surface area (Å²) < 4.78 is 5.02. The Kier molecular flexibility index (Phi) is 7.75. The van der Waals surface area contributed by atoms with Crippen molar-refractivity contribution < 1.29 is 9.66 Å². The molecule has 0 spiro atoms. The number of methoxy groups -OCH3 is 1. The molecule has 1 aromatic rings. The molecule has 1 atom stereocenters. The molecule has 0 radical (unpaired) electrons. The second kappa shape index (κ2) is 9.34. The third kappa shape index (κ3) is 5.71. The van der Waals surface area contributed by atoms with Crippen LogP contribution in [0.15, 0.2) is 18.2 Å². The van der Waals surface area contributed by atoms with Crippen LogP contribution in [0.3, 0.4) is 0 Å². The summed E-state index contributed by atoms with van der Waals surface area (Å²) in [4.78, 5) is 10.6. The van der Waals surface area contributed by atoms with Crippen LogP contribution >= 0.6 is 0 Å². The van der Waals surface area contributed by atoms with Crippen molar-refractivity contribution in [2.45, 2.75) is 58.5 Å². The molecule has 0 saturated carbocycles. The summed E-state index contributed by atoms with van der Waals surface area (Å²) in [5, 5.41) is 14.5. The van der Waals surface area contributed by atoms with E-state index in [0.29, 0.717) is 18.3 Å². The van der Waals surface area contributed by atoms with Crippen LogP contribution < -0.4 is 10.1 Å². The number of nitrogens with one attached hydrogen (secondary N) is 1. The van der Waals surface area contributed by atoms with Gasteiger partial charge in [0.05, 0.1) is 12.0 Å². The van der Waals surface area contributed by atoms with Crippen LogP contribution in [0.2, 0.25) is 0 Å². The van der Waals surface area contributed by atoms with Crippen LogP contribution in [-0.2, 0) is 6.54 Å². The maximum absolute atomic E-state index is 11.0. The quantitative estimate of drug-likeness (QED) is 0.522. The van der Waals surface area contributed by atoms with Crippen LogP contribution in [0.25, 0.3) is 0 Å². The standard InChI is InChI=1S/C16H26N2O3/c1-4-6-8-14(7-5-2)17-12-13-9-10-16(21-3)15(11-13)18(19)20/h9-11,14,17H,4-8,12H2,1-3H3. The summed E-state index contributed by atoms with van der Waals surface area (Å²) in [7, 11) is 1.45. The molecule has 1 unspecified atom stereocenters. The maximum Gasteiger partial charge on any atom is 0.311 e.